The van der Waals surface area contributed by atoms with E-state index >= 15 is 0 Å². The molecule has 2 heterocycles. The lowest BCUT2D eigenvalue weighted by Gasteiger charge is -2.31. The first-order chi connectivity index (χ1) is 16.8. The zero-order valence-corrected chi connectivity index (χ0v) is 21.4. The molecule has 2 aromatic rings. The highest BCUT2D eigenvalue weighted by Crippen LogP contribution is 2.32. The molecule has 0 spiro atoms. The number of halogens is 2. The first kappa shape index (κ1) is 25.9. The van der Waals surface area contributed by atoms with Gasteiger partial charge in [-0.25, -0.2) is 12.8 Å². The van der Waals surface area contributed by atoms with Crippen LogP contribution in [0.5, 0.6) is 5.75 Å². The number of anilines is 1. The molecule has 0 atom stereocenters. The Hall–Kier alpha value is -2.20. The average Bonchev–Trinajstić information content (AvgIpc) is 2.86. The lowest BCUT2D eigenvalue weighted by molar-refractivity contribution is -0.121. The second-order valence-electron chi connectivity index (χ2n) is 9.11. The first-order valence-corrected chi connectivity index (χ1v) is 13.7. The Labute approximate surface area is 211 Å². The highest BCUT2D eigenvalue weighted by molar-refractivity contribution is 7.89. The van der Waals surface area contributed by atoms with Crippen LogP contribution in [0.25, 0.3) is 0 Å². The number of piperidine rings is 2. The number of benzene rings is 2. The van der Waals surface area contributed by atoms with Gasteiger partial charge < -0.3 is 10.1 Å². The third-order valence-corrected chi connectivity index (χ3v) is 8.89. The average molecular weight is 524 g/mol. The molecule has 2 aliphatic rings. The van der Waals surface area contributed by atoms with E-state index in [0.717, 1.165) is 19.3 Å². The van der Waals surface area contributed by atoms with E-state index in [0.29, 0.717) is 61.8 Å². The number of rotatable bonds is 7. The van der Waals surface area contributed by atoms with E-state index < -0.39 is 10.0 Å². The van der Waals surface area contributed by atoms with Crippen LogP contribution in [0.15, 0.2) is 41.3 Å². The van der Waals surface area contributed by atoms with E-state index in [2.05, 4.69) is 10.2 Å². The molecule has 4 rings (SSSR count). The second-order valence-corrected chi connectivity index (χ2v) is 11.4. The van der Waals surface area contributed by atoms with Crippen LogP contribution in [-0.4, -0.2) is 56.8 Å². The molecule has 2 fully saturated rings. The quantitative estimate of drug-likeness (QED) is 0.577. The maximum Gasteiger partial charge on any atom is 0.246 e. The Morgan fingerprint density at radius 3 is 2.46 bits per heavy atom. The zero-order chi connectivity index (χ0) is 25.0. The van der Waals surface area contributed by atoms with Crippen molar-refractivity contribution in [2.75, 3.05) is 38.6 Å². The number of nitrogens with zero attached hydrogens (tertiary/aromatic N) is 2. The Kier molecular flexibility index (Phi) is 8.31. The summed E-state index contributed by atoms with van der Waals surface area (Å²) in [5.74, 6) is -0.414. The number of amides is 1. The van der Waals surface area contributed by atoms with Crippen LogP contribution in [0.2, 0.25) is 5.02 Å². The van der Waals surface area contributed by atoms with Crippen molar-refractivity contribution in [3.8, 4) is 5.75 Å². The van der Waals surface area contributed by atoms with Crippen LogP contribution in [0.1, 0.15) is 37.7 Å². The molecule has 35 heavy (non-hydrogen) atoms. The molecule has 0 aromatic heterocycles. The molecule has 0 unspecified atom stereocenters. The molecule has 0 radical (unpaired) electrons. The van der Waals surface area contributed by atoms with Gasteiger partial charge in [0, 0.05) is 41.8 Å². The minimum absolute atomic E-state index is 0.0690. The smallest absolute Gasteiger partial charge is 0.246 e. The molecule has 1 N–H and O–H groups in total. The molecule has 7 nitrogen and oxygen atoms in total. The second kappa shape index (κ2) is 11.2. The van der Waals surface area contributed by atoms with Gasteiger partial charge in [-0.1, -0.05) is 24.1 Å². The topological polar surface area (TPSA) is 79.0 Å². The maximum absolute atomic E-state index is 14.1. The highest BCUT2D eigenvalue weighted by atomic mass is 35.5. The van der Waals surface area contributed by atoms with Gasteiger partial charge in [-0.05, 0) is 69.1 Å². The summed E-state index contributed by atoms with van der Waals surface area (Å²) in [6.07, 6.45) is 3.96. The van der Waals surface area contributed by atoms with E-state index in [-0.39, 0.29) is 28.3 Å². The number of likely N-dealkylation sites (tertiary alicyclic amines) is 1. The zero-order valence-electron chi connectivity index (χ0n) is 19.8. The number of carbonyl (C=O) groups excluding carboxylic acids is 1. The number of hydrogen-bond donors (Lipinski definition) is 1. The van der Waals surface area contributed by atoms with Crippen molar-refractivity contribution in [1.29, 1.82) is 0 Å². The molecule has 0 aliphatic carbocycles. The van der Waals surface area contributed by atoms with Gasteiger partial charge in [-0.2, -0.15) is 4.31 Å². The summed E-state index contributed by atoms with van der Waals surface area (Å²) in [5.41, 5.74) is 1.01. The number of carbonyl (C=O) groups is 1. The highest BCUT2D eigenvalue weighted by Gasteiger charge is 2.30. The van der Waals surface area contributed by atoms with Gasteiger partial charge >= 0.3 is 0 Å². The van der Waals surface area contributed by atoms with Gasteiger partial charge in [0.2, 0.25) is 15.9 Å². The number of methoxy groups -OCH3 is 1. The van der Waals surface area contributed by atoms with E-state index in [1.165, 1.54) is 23.5 Å². The standard InChI is InChI=1S/C25H31ClFN3O4S/c1-34-23-8-7-21(16-24(23)35(32,33)30-11-3-2-4-12-30)28-25(31)18-9-13-29(14-10-18)17-19-5-6-20(26)15-22(19)27/h5-8,15-16,18H,2-4,9-14,17H2,1H3,(H,28,31). The molecular weight excluding hydrogens is 493 g/mol. The summed E-state index contributed by atoms with van der Waals surface area (Å²) >= 11 is 5.83. The molecule has 2 aliphatic heterocycles. The van der Waals surface area contributed by atoms with E-state index in [4.69, 9.17) is 16.3 Å². The van der Waals surface area contributed by atoms with Crippen LogP contribution < -0.4 is 10.1 Å². The van der Waals surface area contributed by atoms with Gasteiger partial charge in [-0.15, -0.1) is 0 Å². The van der Waals surface area contributed by atoms with Gasteiger partial charge in [-0.3, -0.25) is 9.69 Å². The Morgan fingerprint density at radius 2 is 1.80 bits per heavy atom. The number of ether oxygens (including phenoxy) is 1. The van der Waals surface area contributed by atoms with Crippen LogP contribution in [0.3, 0.4) is 0 Å². The molecule has 1 amide bonds. The van der Waals surface area contributed by atoms with Crippen molar-refractivity contribution < 1.29 is 22.3 Å². The van der Waals surface area contributed by atoms with E-state index in [9.17, 15) is 17.6 Å². The van der Waals surface area contributed by atoms with Crippen molar-refractivity contribution in [3.05, 3.63) is 52.8 Å². The van der Waals surface area contributed by atoms with Gasteiger partial charge in [0.25, 0.3) is 0 Å². The Bertz CT molecular complexity index is 1160. The fourth-order valence-corrected chi connectivity index (χ4v) is 6.55. The third kappa shape index (κ3) is 6.14. The predicted molar refractivity (Wildman–Crippen MR) is 134 cm³/mol. The Balaban J connectivity index is 1.39. The largest absolute Gasteiger partial charge is 0.495 e. The molecule has 2 aromatic carbocycles. The van der Waals surface area contributed by atoms with Crippen LogP contribution in [0.4, 0.5) is 10.1 Å². The van der Waals surface area contributed by atoms with Crippen LogP contribution in [0, 0.1) is 11.7 Å². The molecule has 2 saturated heterocycles. The summed E-state index contributed by atoms with van der Waals surface area (Å²) < 4.78 is 47.4. The summed E-state index contributed by atoms with van der Waals surface area (Å²) in [4.78, 5) is 15.1. The number of sulfonamides is 1. The number of hydrogen-bond acceptors (Lipinski definition) is 5. The minimum Gasteiger partial charge on any atom is -0.495 e. The lowest BCUT2D eigenvalue weighted by Crippen LogP contribution is -2.38. The Morgan fingerprint density at radius 1 is 1.09 bits per heavy atom. The van der Waals surface area contributed by atoms with Gasteiger partial charge in [0.05, 0.1) is 7.11 Å². The molecule has 10 heteroatoms. The van der Waals surface area contributed by atoms with Crippen molar-refractivity contribution in [2.45, 2.75) is 43.5 Å². The molecule has 0 saturated carbocycles. The van der Waals surface area contributed by atoms with E-state index in [1.807, 2.05) is 0 Å². The fourth-order valence-electron chi connectivity index (χ4n) is 4.69. The van der Waals surface area contributed by atoms with Crippen molar-refractivity contribution >= 4 is 33.2 Å². The molecular formula is C25H31ClFN3O4S. The SMILES string of the molecule is COc1ccc(NC(=O)C2CCN(Cc3ccc(Cl)cc3F)CC2)cc1S(=O)(=O)N1CCCCC1. The van der Waals surface area contributed by atoms with Crippen molar-refractivity contribution in [3.63, 3.8) is 0 Å². The molecule has 0 bridgehead atoms. The summed E-state index contributed by atoms with van der Waals surface area (Å²) in [6.45, 7) is 2.77. The first-order valence-electron chi connectivity index (χ1n) is 11.9. The van der Waals surface area contributed by atoms with Gasteiger partial charge in [0.1, 0.15) is 16.5 Å². The normalized spacial score (nSPS) is 18.4. The minimum atomic E-state index is -3.72. The van der Waals surface area contributed by atoms with Crippen molar-refractivity contribution in [2.24, 2.45) is 5.92 Å². The van der Waals surface area contributed by atoms with E-state index in [1.54, 1.807) is 24.3 Å². The summed E-state index contributed by atoms with van der Waals surface area (Å²) in [5, 5.41) is 3.26. The monoisotopic (exact) mass is 523 g/mol. The van der Waals surface area contributed by atoms with Gasteiger partial charge in [0.15, 0.2) is 0 Å². The number of nitrogens with one attached hydrogen (secondary N) is 1. The summed E-state index contributed by atoms with van der Waals surface area (Å²) in [6, 6.07) is 9.40. The summed E-state index contributed by atoms with van der Waals surface area (Å²) in [7, 11) is -2.28. The fraction of sp³-hybridized carbons (Fsp3) is 0.480. The van der Waals surface area contributed by atoms with Crippen LogP contribution in [-0.2, 0) is 21.4 Å². The lowest BCUT2D eigenvalue weighted by atomic mass is 9.95. The molecule has 190 valence electrons. The predicted octanol–water partition coefficient (Wildman–Crippen LogP) is 4.51. The van der Waals surface area contributed by atoms with Crippen molar-refractivity contribution in [1.82, 2.24) is 9.21 Å². The maximum atomic E-state index is 14.1. The third-order valence-electron chi connectivity index (χ3n) is 6.73. The van der Waals surface area contributed by atoms with Crippen LogP contribution >= 0.6 is 11.6 Å².